The molecule has 0 atom stereocenters. The van der Waals surface area contributed by atoms with Crippen molar-refractivity contribution in [3.05, 3.63) is 35.1 Å². The maximum Gasteiger partial charge on any atom is 0.254 e. The van der Waals surface area contributed by atoms with Gasteiger partial charge < -0.3 is 10.2 Å². The van der Waals surface area contributed by atoms with Gasteiger partial charge >= 0.3 is 0 Å². The van der Waals surface area contributed by atoms with Gasteiger partial charge in [-0.15, -0.1) is 0 Å². The van der Waals surface area contributed by atoms with Gasteiger partial charge in [0.05, 0.1) is 5.56 Å². The SMILES string of the molecule is CC(C)(C)c1ccc(C(=O)NCCCN2CCCCC2)c(F)c1. The summed E-state index contributed by atoms with van der Waals surface area (Å²) in [5.74, 6) is -0.757. The van der Waals surface area contributed by atoms with Gasteiger partial charge in [-0.2, -0.15) is 0 Å². The highest BCUT2D eigenvalue weighted by atomic mass is 19.1. The molecule has 128 valence electrons. The predicted octanol–water partition coefficient (Wildman–Crippen LogP) is 3.73. The van der Waals surface area contributed by atoms with E-state index in [4.69, 9.17) is 0 Å². The topological polar surface area (TPSA) is 32.3 Å². The molecule has 0 aliphatic carbocycles. The lowest BCUT2D eigenvalue weighted by Crippen LogP contribution is -2.33. The van der Waals surface area contributed by atoms with Gasteiger partial charge in [-0.25, -0.2) is 4.39 Å². The largest absolute Gasteiger partial charge is 0.352 e. The molecule has 0 saturated carbocycles. The molecule has 0 unspecified atom stereocenters. The Morgan fingerprint density at radius 3 is 2.52 bits per heavy atom. The summed E-state index contributed by atoms with van der Waals surface area (Å²) in [4.78, 5) is 14.6. The third-order valence-electron chi connectivity index (χ3n) is 4.47. The van der Waals surface area contributed by atoms with Gasteiger partial charge in [0.1, 0.15) is 5.82 Å². The zero-order chi connectivity index (χ0) is 16.9. The Kier molecular flexibility index (Phi) is 6.17. The molecule has 1 aliphatic rings. The van der Waals surface area contributed by atoms with Crippen LogP contribution in [-0.4, -0.2) is 37.0 Å². The number of carbonyl (C=O) groups is 1. The van der Waals surface area contributed by atoms with E-state index in [1.54, 1.807) is 6.07 Å². The number of hydrogen-bond acceptors (Lipinski definition) is 2. The van der Waals surface area contributed by atoms with Crippen LogP contribution in [0.2, 0.25) is 0 Å². The van der Waals surface area contributed by atoms with Crippen LogP contribution in [0.3, 0.4) is 0 Å². The van der Waals surface area contributed by atoms with Crippen molar-refractivity contribution in [3.8, 4) is 0 Å². The van der Waals surface area contributed by atoms with E-state index in [1.807, 2.05) is 26.8 Å². The molecular weight excluding hydrogens is 291 g/mol. The second kappa shape index (κ2) is 7.91. The Balaban J connectivity index is 1.81. The number of carbonyl (C=O) groups excluding carboxylic acids is 1. The average molecular weight is 320 g/mol. The van der Waals surface area contributed by atoms with Crippen molar-refractivity contribution < 1.29 is 9.18 Å². The van der Waals surface area contributed by atoms with Gasteiger partial charge in [-0.3, -0.25) is 4.79 Å². The van der Waals surface area contributed by atoms with E-state index in [9.17, 15) is 9.18 Å². The van der Waals surface area contributed by atoms with Crippen LogP contribution in [0.4, 0.5) is 4.39 Å². The molecular formula is C19H29FN2O. The molecule has 1 heterocycles. The van der Waals surface area contributed by atoms with Crippen LogP contribution in [0.25, 0.3) is 0 Å². The molecule has 1 saturated heterocycles. The number of nitrogens with one attached hydrogen (secondary N) is 1. The summed E-state index contributed by atoms with van der Waals surface area (Å²) in [6.07, 6.45) is 4.79. The molecule has 3 nitrogen and oxygen atoms in total. The maximum atomic E-state index is 14.2. The zero-order valence-electron chi connectivity index (χ0n) is 14.6. The van der Waals surface area contributed by atoms with Crippen LogP contribution in [-0.2, 0) is 5.41 Å². The first-order valence-corrected chi connectivity index (χ1v) is 8.68. The van der Waals surface area contributed by atoms with E-state index in [0.29, 0.717) is 6.54 Å². The van der Waals surface area contributed by atoms with Gasteiger partial charge in [0.2, 0.25) is 0 Å². The lowest BCUT2D eigenvalue weighted by Gasteiger charge is -2.26. The smallest absolute Gasteiger partial charge is 0.254 e. The number of hydrogen-bond donors (Lipinski definition) is 1. The Morgan fingerprint density at radius 1 is 1.22 bits per heavy atom. The normalized spacial score (nSPS) is 16.3. The number of piperidine rings is 1. The monoisotopic (exact) mass is 320 g/mol. The van der Waals surface area contributed by atoms with E-state index < -0.39 is 5.82 Å². The number of halogens is 1. The molecule has 1 aromatic rings. The van der Waals surface area contributed by atoms with Crippen LogP contribution in [0.15, 0.2) is 18.2 Å². The maximum absolute atomic E-state index is 14.2. The molecule has 0 radical (unpaired) electrons. The Morgan fingerprint density at radius 2 is 1.91 bits per heavy atom. The van der Waals surface area contributed by atoms with Crippen LogP contribution in [0, 0.1) is 5.82 Å². The number of benzene rings is 1. The summed E-state index contributed by atoms with van der Waals surface area (Å²) in [7, 11) is 0. The van der Waals surface area contributed by atoms with Gasteiger partial charge in [-0.05, 0) is 62.0 Å². The zero-order valence-corrected chi connectivity index (χ0v) is 14.6. The highest BCUT2D eigenvalue weighted by Crippen LogP contribution is 2.24. The van der Waals surface area contributed by atoms with Gasteiger partial charge in [0, 0.05) is 6.54 Å². The third kappa shape index (κ3) is 5.31. The molecule has 1 amide bonds. The second-order valence-electron chi connectivity index (χ2n) is 7.46. The van der Waals surface area contributed by atoms with Crippen LogP contribution >= 0.6 is 0 Å². The van der Waals surface area contributed by atoms with Crippen molar-refractivity contribution >= 4 is 5.91 Å². The minimum absolute atomic E-state index is 0.121. The van der Waals surface area contributed by atoms with Gasteiger partial charge in [-0.1, -0.05) is 33.3 Å². The number of nitrogens with zero attached hydrogens (tertiary/aromatic N) is 1. The highest BCUT2D eigenvalue weighted by molar-refractivity contribution is 5.94. The lowest BCUT2D eigenvalue weighted by atomic mass is 9.86. The third-order valence-corrected chi connectivity index (χ3v) is 4.47. The molecule has 4 heteroatoms. The molecule has 0 aromatic heterocycles. The van der Waals surface area contributed by atoms with Crippen LogP contribution in [0.1, 0.15) is 62.4 Å². The van der Waals surface area contributed by atoms with Crippen molar-refractivity contribution in [2.24, 2.45) is 0 Å². The summed E-state index contributed by atoms with van der Waals surface area (Å²) in [6.45, 7) is 10.0. The summed E-state index contributed by atoms with van der Waals surface area (Å²) >= 11 is 0. The van der Waals surface area contributed by atoms with E-state index in [2.05, 4.69) is 10.2 Å². The molecule has 1 N–H and O–H groups in total. The summed E-state index contributed by atoms with van der Waals surface area (Å²) in [5, 5.41) is 2.83. The van der Waals surface area contributed by atoms with Crippen molar-refractivity contribution in [1.29, 1.82) is 0 Å². The summed E-state index contributed by atoms with van der Waals surface area (Å²) in [6, 6.07) is 4.91. The minimum atomic E-state index is -0.439. The van der Waals surface area contributed by atoms with E-state index >= 15 is 0 Å². The van der Waals surface area contributed by atoms with Crippen molar-refractivity contribution in [2.75, 3.05) is 26.2 Å². The summed E-state index contributed by atoms with van der Waals surface area (Å²) in [5.41, 5.74) is 0.914. The molecule has 1 fully saturated rings. The fourth-order valence-corrected chi connectivity index (χ4v) is 2.95. The Labute approximate surface area is 139 Å². The van der Waals surface area contributed by atoms with E-state index in [-0.39, 0.29) is 16.9 Å². The van der Waals surface area contributed by atoms with Crippen LogP contribution in [0.5, 0.6) is 0 Å². The highest BCUT2D eigenvalue weighted by Gasteiger charge is 2.18. The molecule has 1 aliphatic heterocycles. The quantitative estimate of drug-likeness (QED) is 0.839. The molecule has 0 bridgehead atoms. The molecule has 1 aromatic carbocycles. The first kappa shape index (κ1) is 17.9. The van der Waals surface area contributed by atoms with Crippen LogP contribution < -0.4 is 5.32 Å². The number of likely N-dealkylation sites (tertiary alicyclic amines) is 1. The molecule has 2 rings (SSSR count). The predicted molar refractivity (Wildman–Crippen MR) is 92.3 cm³/mol. The first-order chi connectivity index (χ1) is 10.9. The average Bonchev–Trinajstić information content (AvgIpc) is 2.51. The molecule has 23 heavy (non-hydrogen) atoms. The second-order valence-corrected chi connectivity index (χ2v) is 7.46. The number of amides is 1. The number of rotatable bonds is 5. The van der Waals surface area contributed by atoms with Crippen molar-refractivity contribution in [2.45, 2.75) is 51.9 Å². The molecule has 0 spiro atoms. The fourth-order valence-electron chi connectivity index (χ4n) is 2.95. The van der Waals surface area contributed by atoms with E-state index in [1.165, 1.54) is 25.3 Å². The summed E-state index contributed by atoms with van der Waals surface area (Å²) < 4.78 is 14.2. The van der Waals surface area contributed by atoms with Crippen molar-refractivity contribution in [1.82, 2.24) is 10.2 Å². The van der Waals surface area contributed by atoms with Crippen molar-refractivity contribution in [3.63, 3.8) is 0 Å². The lowest BCUT2D eigenvalue weighted by molar-refractivity contribution is 0.0947. The van der Waals surface area contributed by atoms with E-state index in [0.717, 1.165) is 31.6 Å². The first-order valence-electron chi connectivity index (χ1n) is 8.68. The van der Waals surface area contributed by atoms with Gasteiger partial charge in [0.15, 0.2) is 0 Å². The Bertz CT molecular complexity index is 531. The fraction of sp³-hybridized carbons (Fsp3) is 0.632. The standard InChI is InChI=1S/C19H29FN2O/c1-19(2,3)15-8-9-16(17(20)14-15)18(23)21-10-7-13-22-11-5-4-6-12-22/h8-9,14H,4-7,10-13H2,1-3H3,(H,21,23). The van der Waals surface area contributed by atoms with Gasteiger partial charge in [0.25, 0.3) is 5.91 Å². The minimum Gasteiger partial charge on any atom is -0.352 e. The Hall–Kier alpha value is -1.42.